The van der Waals surface area contributed by atoms with E-state index >= 15 is 0 Å². The molecule has 0 aromatic carbocycles. The molecule has 6 nitrogen and oxygen atoms in total. The number of aliphatic hydroxyl groups excluding tert-OH is 1. The van der Waals surface area contributed by atoms with E-state index in [4.69, 9.17) is 0 Å². The molecule has 0 spiro atoms. The Morgan fingerprint density at radius 1 is 1.10 bits per heavy atom. The summed E-state index contributed by atoms with van der Waals surface area (Å²) in [7, 11) is 0. The van der Waals surface area contributed by atoms with E-state index < -0.39 is 0 Å². The lowest BCUT2D eigenvalue weighted by Gasteiger charge is -2.35. The number of hydrogen-bond donors (Lipinski definition) is 1. The zero-order valence-electron chi connectivity index (χ0n) is 12.1. The normalized spacial score (nSPS) is 15.3. The van der Waals surface area contributed by atoms with Gasteiger partial charge in [0.1, 0.15) is 5.82 Å². The first kappa shape index (κ1) is 13.8. The molecule has 2 aromatic rings. The van der Waals surface area contributed by atoms with Gasteiger partial charge in [0.25, 0.3) is 0 Å². The molecule has 0 amide bonds. The van der Waals surface area contributed by atoms with Gasteiger partial charge in [-0.15, -0.1) is 0 Å². The van der Waals surface area contributed by atoms with Crippen molar-refractivity contribution < 1.29 is 5.11 Å². The summed E-state index contributed by atoms with van der Waals surface area (Å²) in [5.74, 6) is 1.76. The highest BCUT2D eigenvalue weighted by atomic mass is 16.3. The summed E-state index contributed by atoms with van der Waals surface area (Å²) in [6.45, 7) is 5.44. The number of aryl methyl sites for hydroxylation is 1. The van der Waals surface area contributed by atoms with Gasteiger partial charge in [0.15, 0.2) is 0 Å². The average molecular weight is 285 g/mol. The van der Waals surface area contributed by atoms with Crippen LogP contribution in [0, 0.1) is 6.92 Å². The van der Waals surface area contributed by atoms with Gasteiger partial charge >= 0.3 is 0 Å². The lowest BCUT2D eigenvalue weighted by atomic mass is 10.2. The average Bonchev–Trinajstić information content (AvgIpc) is 2.56. The van der Waals surface area contributed by atoms with Crippen LogP contribution in [0.25, 0.3) is 0 Å². The van der Waals surface area contributed by atoms with Crippen molar-refractivity contribution in [2.75, 3.05) is 36.0 Å². The van der Waals surface area contributed by atoms with E-state index in [-0.39, 0.29) is 6.61 Å². The molecule has 1 saturated heterocycles. The SMILES string of the molecule is Cc1nc(N2CCN(c3ccccn3)CC2)ncc1CO. The van der Waals surface area contributed by atoms with Crippen molar-refractivity contribution in [3.05, 3.63) is 41.9 Å². The second-order valence-corrected chi connectivity index (χ2v) is 5.10. The number of aromatic nitrogens is 3. The number of anilines is 2. The van der Waals surface area contributed by atoms with E-state index in [0.29, 0.717) is 0 Å². The third-order valence-electron chi connectivity index (χ3n) is 3.77. The number of nitrogens with zero attached hydrogens (tertiary/aromatic N) is 5. The van der Waals surface area contributed by atoms with Crippen LogP contribution in [-0.4, -0.2) is 46.2 Å². The summed E-state index contributed by atoms with van der Waals surface area (Å²) in [6.07, 6.45) is 3.53. The molecule has 110 valence electrons. The highest BCUT2D eigenvalue weighted by Crippen LogP contribution is 2.17. The Morgan fingerprint density at radius 3 is 2.48 bits per heavy atom. The van der Waals surface area contributed by atoms with Gasteiger partial charge in [0, 0.05) is 49.8 Å². The van der Waals surface area contributed by atoms with Crippen molar-refractivity contribution >= 4 is 11.8 Å². The molecule has 0 bridgehead atoms. The maximum absolute atomic E-state index is 9.17. The summed E-state index contributed by atoms with van der Waals surface area (Å²) >= 11 is 0. The van der Waals surface area contributed by atoms with Crippen molar-refractivity contribution in [3.63, 3.8) is 0 Å². The van der Waals surface area contributed by atoms with Crippen LogP contribution in [0.2, 0.25) is 0 Å². The molecule has 0 aliphatic carbocycles. The van der Waals surface area contributed by atoms with Crippen molar-refractivity contribution in [3.8, 4) is 0 Å². The standard InChI is InChI=1S/C15H19N5O/c1-12-13(11-21)10-17-15(18-12)20-8-6-19(7-9-20)14-4-2-3-5-16-14/h2-5,10,21H,6-9,11H2,1H3. The Bertz CT molecular complexity index is 596. The summed E-state index contributed by atoms with van der Waals surface area (Å²) < 4.78 is 0. The second-order valence-electron chi connectivity index (χ2n) is 5.10. The van der Waals surface area contributed by atoms with Gasteiger partial charge in [0.2, 0.25) is 5.95 Å². The van der Waals surface area contributed by atoms with Crippen LogP contribution in [-0.2, 0) is 6.61 Å². The fourth-order valence-electron chi connectivity index (χ4n) is 2.46. The fraction of sp³-hybridized carbons (Fsp3) is 0.400. The van der Waals surface area contributed by atoms with Gasteiger partial charge in [-0.2, -0.15) is 0 Å². The number of aliphatic hydroxyl groups is 1. The van der Waals surface area contributed by atoms with E-state index in [1.165, 1.54) is 0 Å². The monoisotopic (exact) mass is 285 g/mol. The van der Waals surface area contributed by atoms with Crippen molar-refractivity contribution in [1.82, 2.24) is 15.0 Å². The topological polar surface area (TPSA) is 65.4 Å². The van der Waals surface area contributed by atoms with Crippen LogP contribution in [0.15, 0.2) is 30.6 Å². The lowest BCUT2D eigenvalue weighted by Crippen LogP contribution is -2.47. The Kier molecular flexibility index (Phi) is 3.96. The maximum Gasteiger partial charge on any atom is 0.225 e. The van der Waals surface area contributed by atoms with E-state index in [2.05, 4.69) is 24.8 Å². The first-order chi connectivity index (χ1) is 10.3. The smallest absolute Gasteiger partial charge is 0.225 e. The second kappa shape index (κ2) is 6.05. The van der Waals surface area contributed by atoms with Gasteiger partial charge in [-0.3, -0.25) is 0 Å². The van der Waals surface area contributed by atoms with Gasteiger partial charge in [-0.25, -0.2) is 15.0 Å². The Balaban J connectivity index is 1.67. The molecule has 3 rings (SSSR count). The zero-order valence-corrected chi connectivity index (χ0v) is 12.1. The molecular formula is C15H19N5O. The predicted molar refractivity (Wildman–Crippen MR) is 81.4 cm³/mol. The quantitative estimate of drug-likeness (QED) is 0.907. The van der Waals surface area contributed by atoms with Gasteiger partial charge in [0.05, 0.1) is 6.61 Å². The molecule has 0 atom stereocenters. The molecule has 0 saturated carbocycles. The van der Waals surface area contributed by atoms with Gasteiger partial charge in [-0.05, 0) is 19.1 Å². The summed E-state index contributed by atoms with van der Waals surface area (Å²) in [5.41, 5.74) is 1.63. The van der Waals surface area contributed by atoms with Crippen LogP contribution < -0.4 is 9.80 Å². The van der Waals surface area contributed by atoms with Crippen molar-refractivity contribution in [2.45, 2.75) is 13.5 Å². The molecule has 0 radical (unpaired) electrons. The number of rotatable bonds is 3. The Morgan fingerprint density at radius 2 is 1.86 bits per heavy atom. The number of pyridine rings is 1. The Labute approximate surface area is 124 Å². The molecule has 21 heavy (non-hydrogen) atoms. The minimum Gasteiger partial charge on any atom is -0.392 e. The van der Waals surface area contributed by atoms with E-state index in [1.54, 1.807) is 6.20 Å². The number of hydrogen-bond acceptors (Lipinski definition) is 6. The van der Waals surface area contributed by atoms with Gasteiger partial charge in [-0.1, -0.05) is 6.07 Å². The van der Waals surface area contributed by atoms with Crippen LogP contribution in [0.3, 0.4) is 0 Å². The maximum atomic E-state index is 9.17. The van der Waals surface area contributed by atoms with Crippen LogP contribution in [0.4, 0.5) is 11.8 Å². The van der Waals surface area contributed by atoms with Crippen LogP contribution in [0.5, 0.6) is 0 Å². The Hall–Kier alpha value is -2.21. The molecule has 6 heteroatoms. The van der Waals surface area contributed by atoms with Gasteiger partial charge < -0.3 is 14.9 Å². The highest BCUT2D eigenvalue weighted by molar-refractivity contribution is 5.42. The van der Waals surface area contributed by atoms with E-state index in [9.17, 15) is 5.11 Å². The van der Waals surface area contributed by atoms with Crippen molar-refractivity contribution in [2.24, 2.45) is 0 Å². The predicted octanol–water partition coefficient (Wildman–Crippen LogP) is 0.999. The van der Waals surface area contributed by atoms with Crippen molar-refractivity contribution in [1.29, 1.82) is 0 Å². The summed E-state index contributed by atoms with van der Waals surface area (Å²) in [5, 5.41) is 9.17. The zero-order chi connectivity index (χ0) is 14.7. The third kappa shape index (κ3) is 2.95. The molecule has 1 aliphatic rings. The summed E-state index contributed by atoms with van der Waals surface area (Å²) in [6, 6.07) is 5.97. The first-order valence-electron chi connectivity index (χ1n) is 7.12. The molecule has 1 fully saturated rings. The van der Waals surface area contributed by atoms with E-state index in [1.807, 2.05) is 31.3 Å². The lowest BCUT2D eigenvalue weighted by molar-refractivity contribution is 0.280. The minimum absolute atomic E-state index is 0.0143. The summed E-state index contributed by atoms with van der Waals surface area (Å²) in [4.78, 5) is 17.7. The van der Waals surface area contributed by atoms with Crippen LogP contribution >= 0.6 is 0 Å². The molecule has 3 heterocycles. The molecular weight excluding hydrogens is 266 g/mol. The van der Waals surface area contributed by atoms with Crippen LogP contribution in [0.1, 0.15) is 11.3 Å². The molecule has 2 aromatic heterocycles. The molecule has 0 unspecified atom stereocenters. The fourth-order valence-corrected chi connectivity index (χ4v) is 2.46. The first-order valence-corrected chi connectivity index (χ1v) is 7.12. The van der Waals surface area contributed by atoms with E-state index in [0.717, 1.165) is 49.2 Å². The highest BCUT2D eigenvalue weighted by Gasteiger charge is 2.20. The molecule has 1 aliphatic heterocycles. The largest absolute Gasteiger partial charge is 0.392 e. The number of piperazine rings is 1. The third-order valence-corrected chi connectivity index (χ3v) is 3.77. The minimum atomic E-state index is -0.0143. The molecule has 1 N–H and O–H groups in total.